The third kappa shape index (κ3) is 6.45. The van der Waals surface area contributed by atoms with Gasteiger partial charge in [-0.05, 0) is 54.7 Å². The summed E-state index contributed by atoms with van der Waals surface area (Å²) in [5, 5.41) is 2.73. The summed E-state index contributed by atoms with van der Waals surface area (Å²) in [6, 6.07) is 22.8. The van der Waals surface area contributed by atoms with Crippen molar-refractivity contribution in [3.63, 3.8) is 0 Å². The Bertz CT molecular complexity index is 1080. The first-order valence-electron chi connectivity index (χ1n) is 11.2. The van der Waals surface area contributed by atoms with Crippen LogP contribution < -0.4 is 10.1 Å². The number of aryl methyl sites for hydroxylation is 2. The Kier molecular flexibility index (Phi) is 8.25. The van der Waals surface area contributed by atoms with Crippen LogP contribution in [-0.2, 0) is 22.6 Å². The van der Waals surface area contributed by atoms with Gasteiger partial charge in [0, 0.05) is 20.0 Å². The summed E-state index contributed by atoms with van der Waals surface area (Å²) in [4.78, 5) is 28.0. The summed E-state index contributed by atoms with van der Waals surface area (Å²) in [7, 11) is 1.60. The third-order valence-corrected chi connectivity index (χ3v) is 5.83. The van der Waals surface area contributed by atoms with E-state index in [1.807, 2.05) is 87.5 Å². The van der Waals surface area contributed by atoms with Crippen LogP contribution in [0.25, 0.3) is 0 Å². The second kappa shape index (κ2) is 11.3. The predicted molar refractivity (Wildman–Crippen MR) is 131 cm³/mol. The molecule has 33 heavy (non-hydrogen) atoms. The summed E-state index contributed by atoms with van der Waals surface area (Å²) in [5.41, 5.74) is 5.15. The quantitative estimate of drug-likeness (QED) is 0.533. The minimum Gasteiger partial charge on any atom is -0.483 e. The molecule has 0 heterocycles. The van der Waals surface area contributed by atoms with Gasteiger partial charge in [0.1, 0.15) is 11.8 Å². The average molecular weight is 445 g/mol. The van der Waals surface area contributed by atoms with E-state index < -0.39 is 6.04 Å². The van der Waals surface area contributed by atoms with E-state index in [-0.39, 0.29) is 18.4 Å². The molecule has 5 heteroatoms. The number of hydrogen-bond donors (Lipinski definition) is 1. The molecule has 0 aliphatic carbocycles. The lowest BCUT2D eigenvalue weighted by Crippen LogP contribution is -2.51. The van der Waals surface area contributed by atoms with Gasteiger partial charge in [0.25, 0.3) is 5.91 Å². The molecule has 0 aliphatic rings. The van der Waals surface area contributed by atoms with E-state index in [4.69, 9.17) is 4.74 Å². The Morgan fingerprint density at radius 3 is 2.12 bits per heavy atom. The standard InChI is InChI=1S/C28H32N2O3/c1-20-15-21(2)22(3)26(16-20)33-19-27(31)30(18-24-13-9-6-10-14-24)25(28(32)29-4)17-23-11-7-5-8-12-23/h5-16,25H,17-19H2,1-4H3,(H,29,32)/t25-/m1/s1. The van der Waals surface area contributed by atoms with E-state index in [0.717, 1.165) is 27.8 Å². The molecule has 0 saturated heterocycles. The minimum atomic E-state index is -0.658. The molecule has 0 radical (unpaired) electrons. The van der Waals surface area contributed by atoms with Gasteiger partial charge in [-0.15, -0.1) is 0 Å². The van der Waals surface area contributed by atoms with Gasteiger partial charge < -0.3 is 15.0 Å². The van der Waals surface area contributed by atoms with Crippen molar-refractivity contribution in [1.29, 1.82) is 0 Å². The topological polar surface area (TPSA) is 58.6 Å². The fourth-order valence-electron chi connectivity index (χ4n) is 3.87. The lowest BCUT2D eigenvalue weighted by Gasteiger charge is -2.31. The van der Waals surface area contributed by atoms with Crippen LogP contribution in [0.5, 0.6) is 5.75 Å². The molecular weight excluding hydrogens is 412 g/mol. The predicted octanol–water partition coefficient (Wildman–Crippen LogP) is 4.38. The number of hydrogen-bond acceptors (Lipinski definition) is 3. The van der Waals surface area contributed by atoms with E-state index in [1.54, 1.807) is 11.9 Å². The number of nitrogens with zero attached hydrogens (tertiary/aromatic N) is 1. The highest BCUT2D eigenvalue weighted by molar-refractivity contribution is 5.88. The first-order valence-corrected chi connectivity index (χ1v) is 11.2. The number of likely N-dealkylation sites (N-methyl/N-ethyl adjacent to an activating group) is 1. The molecule has 0 fully saturated rings. The summed E-state index contributed by atoms with van der Waals surface area (Å²) >= 11 is 0. The SMILES string of the molecule is CNC(=O)[C@@H](Cc1ccccc1)N(Cc1ccccc1)C(=O)COc1cc(C)cc(C)c1C. The highest BCUT2D eigenvalue weighted by atomic mass is 16.5. The summed E-state index contributed by atoms with van der Waals surface area (Å²) in [6.07, 6.45) is 0.418. The van der Waals surface area contributed by atoms with Gasteiger partial charge in [0.05, 0.1) is 0 Å². The molecule has 3 aromatic carbocycles. The Labute approximate surface area is 196 Å². The molecule has 3 rings (SSSR count). The van der Waals surface area contributed by atoms with Crippen molar-refractivity contribution in [2.24, 2.45) is 0 Å². The Morgan fingerprint density at radius 1 is 0.909 bits per heavy atom. The van der Waals surface area contributed by atoms with Gasteiger partial charge in [0.2, 0.25) is 5.91 Å². The highest BCUT2D eigenvalue weighted by Crippen LogP contribution is 2.24. The van der Waals surface area contributed by atoms with E-state index >= 15 is 0 Å². The zero-order valence-electron chi connectivity index (χ0n) is 19.8. The number of benzene rings is 3. The maximum absolute atomic E-state index is 13.5. The monoisotopic (exact) mass is 444 g/mol. The van der Waals surface area contributed by atoms with Crippen molar-refractivity contribution >= 4 is 11.8 Å². The first kappa shape index (κ1) is 24.1. The molecular formula is C28H32N2O3. The van der Waals surface area contributed by atoms with Crippen molar-refractivity contribution in [3.8, 4) is 5.75 Å². The third-order valence-electron chi connectivity index (χ3n) is 5.83. The molecule has 0 spiro atoms. The van der Waals surface area contributed by atoms with Crippen molar-refractivity contribution < 1.29 is 14.3 Å². The van der Waals surface area contributed by atoms with Crippen molar-refractivity contribution in [2.75, 3.05) is 13.7 Å². The molecule has 3 aromatic rings. The lowest BCUT2D eigenvalue weighted by atomic mass is 10.0. The summed E-state index contributed by atoms with van der Waals surface area (Å²) < 4.78 is 5.97. The van der Waals surface area contributed by atoms with Gasteiger partial charge in [0.15, 0.2) is 6.61 Å². The Balaban J connectivity index is 1.88. The van der Waals surface area contributed by atoms with E-state index in [0.29, 0.717) is 18.7 Å². The van der Waals surface area contributed by atoms with Crippen LogP contribution >= 0.6 is 0 Å². The summed E-state index contributed by atoms with van der Waals surface area (Å²) in [6.45, 7) is 6.20. The second-order valence-electron chi connectivity index (χ2n) is 8.32. The summed E-state index contributed by atoms with van der Waals surface area (Å²) in [5.74, 6) is 0.257. The molecule has 0 saturated carbocycles. The van der Waals surface area contributed by atoms with Gasteiger partial charge in [-0.25, -0.2) is 0 Å². The Hall–Kier alpha value is -3.60. The van der Waals surface area contributed by atoms with Gasteiger partial charge in [-0.2, -0.15) is 0 Å². The number of nitrogens with one attached hydrogen (secondary N) is 1. The van der Waals surface area contributed by atoms with E-state index in [9.17, 15) is 9.59 Å². The Morgan fingerprint density at radius 2 is 1.52 bits per heavy atom. The van der Waals surface area contributed by atoms with E-state index in [2.05, 4.69) is 11.4 Å². The molecule has 0 bridgehead atoms. The maximum atomic E-state index is 13.5. The first-order chi connectivity index (χ1) is 15.9. The van der Waals surface area contributed by atoms with Crippen LogP contribution in [0.4, 0.5) is 0 Å². The molecule has 5 nitrogen and oxygen atoms in total. The molecule has 0 unspecified atom stereocenters. The molecule has 0 aromatic heterocycles. The van der Waals surface area contributed by atoms with Crippen LogP contribution in [0.3, 0.4) is 0 Å². The van der Waals surface area contributed by atoms with Crippen molar-refractivity contribution in [1.82, 2.24) is 10.2 Å². The largest absolute Gasteiger partial charge is 0.483 e. The number of amides is 2. The fourth-order valence-corrected chi connectivity index (χ4v) is 3.87. The van der Waals surface area contributed by atoms with Crippen molar-refractivity contribution in [2.45, 2.75) is 39.8 Å². The van der Waals surface area contributed by atoms with Crippen LogP contribution in [0.15, 0.2) is 72.8 Å². The number of ether oxygens (including phenoxy) is 1. The van der Waals surface area contributed by atoms with Gasteiger partial charge in [-0.3, -0.25) is 9.59 Å². The van der Waals surface area contributed by atoms with Gasteiger partial charge in [-0.1, -0.05) is 66.7 Å². The number of carbonyl (C=O) groups is 2. The highest BCUT2D eigenvalue weighted by Gasteiger charge is 2.30. The zero-order valence-corrected chi connectivity index (χ0v) is 19.8. The molecule has 0 aliphatic heterocycles. The van der Waals surface area contributed by atoms with Crippen LogP contribution in [0, 0.1) is 20.8 Å². The maximum Gasteiger partial charge on any atom is 0.261 e. The second-order valence-corrected chi connectivity index (χ2v) is 8.32. The molecule has 2 amide bonds. The zero-order chi connectivity index (χ0) is 23.8. The van der Waals surface area contributed by atoms with Crippen molar-refractivity contribution in [3.05, 3.63) is 101 Å². The minimum absolute atomic E-state index is 0.140. The van der Waals surface area contributed by atoms with Gasteiger partial charge >= 0.3 is 0 Å². The number of rotatable bonds is 9. The smallest absolute Gasteiger partial charge is 0.261 e. The molecule has 1 N–H and O–H groups in total. The van der Waals surface area contributed by atoms with E-state index in [1.165, 1.54) is 0 Å². The average Bonchev–Trinajstić information content (AvgIpc) is 2.83. The number of carbonyl (C=O) groups excluding carboxylic acids is 2. The fraction of sp³-hybridized carbons (Fsp3) is 0.286. The molecule has 172 valence electrons. The normalized spacial score (nSPS) is 11.5. The van der Waals surface area contributed by atoms with Crippen LogP contribution in [0.1, 0.15) is 27.8 Å². The molecule has 1 atom stereocenters. The van der Waals surface area contributed by atoms with Crippen LogP contribution in [-0.4, -0.2) is 36.4 Å². The lowest BCUT2D eigenvalue weighted by molar-refractivity contribution is -0.142. The van der Waals surface area contributed by atoms with Crippen LogP contribution in [0.2, 0.25) is 0 Å².